The normalized spacial score (nSPS) is 15.4. The maximum Gasteiger partial charge on any atom is 0.128 e. The number of halogens is 3. The molecule has 1 aliphatic heterocycles. The summed E-state index contributed by atoms with van der Waals surface area (Å²) in [5, 5.41) is 11.1. The Morgan fingerprint density at radius 2 is 1.75 bits per heavy atom. The highest BCUT2D eigenvalue weighted by molar-refractivity contribution is 6.32. The van der Waals surface area contributed by atoms with Gasteiger partial charge in [0.15, 0.2) is 0 Å². The molecule has 156 valence electrons. The molecule has 8 heteroatoms. The van der Waals surface area contributed by atoms with Crippen molar-refractivity contribution in [2.75, 3.05) is 44.2 Å². The molecule has 1 aromatic carbocycles. The van der Waals surface area contributed by atoms with Gasteiger partial charge >= 0.3 is 0 Å². The number of nitrogens with zero attached hydrogens (tertiary/aromatic N) is 3. The number of anilines is 1. The summed E-state index contributed by atoms with van der Waals surface area (Å²) in [7, 11) is 0. The fraction of sp³-hybridized carbons (Fsp3) is 0.450. The number of hydrogen-bond acceptors (Lipinski definition) is 5. The maximum absolute atomic E-state index is 10.3. The number of aliphatic hydroxyl groups excluding tert-OH is 1. The molecule has 0 bridgehead atoms. The number of aliphatic hydroxyl groups is 1. The van der Waals surface area contributed by atoms with Gasteiger partial charge < -0.3 is 14.7 Å². The lowest BCUT2D eigenvalue weighted by atomic mass is 10.1. The van der Waals surface area contributed by atoms with Crippen LogP contribution in [-0.2, 0) is 0 Å². The molecule has 3 rings (SSSR count). The van der Waals surface area contributed by atoms with Crippen molar-refractivity contribution in [3.63, 3.8) is 0 Å². The Kier molecular flexibility index (Phi) is 10.4. The third-order valence-corrected chi connectivity index (χ3v) is 5.26. The molecule has 1 fully saturated rings. The highest BCUT2D eigenvalue weighted by Crippen LogP contribution is 2.26. The summed E-state index contributed by atoms with van der Waals surface area (Å²) in [6.07, 6.45) is 1.30. The molecule has 1 aliphatic rings. The summed E-state index contributed by atoms with van der Waals surface area (Å²) < 4.78 is 5.76. The summed E-state index contributed by atoms with van der Waals surface area (Å²) in [4.78, 5) is 8.95. The second-order valence-electron chi connectivity index (χ2n) is 6.81. The van der Waals surface area contributed by atoms with E-state index in [1.165, 1.54) is 0 Å². The first kappa shape index (κ1) is 24.8. The van der Waals surface area contributed by atoms with Crippen LogP contribution in [0.25, 0.3) is 0 Å². The van der Waals surface area contributed by atoms with Crippen molar-refractivity contribution in [2.24, 2.45) is 0 Å². The zero-order valence-corrected chi connectivity index (χ0v) is 18.6. The maximum atomic E-state index is 10.3. The van der Waals surface area contributed by atoms with Crippen LogP contribution >= 0.6 is 36.4 Å². The van der Waals surface area contributed by atoms with Crippen molar-refractivity contribution in [1.82, 2.24) is 9.88 Å². The van der Waals surface area contributed by atoms with Crippen molar-refractivity contribution >= 4 is 42.2 Å². The van der Waals surface area contributed by atoms with Crippen molar-refractivity contribution in [1.29, 1.82) is 0 Å². The average molecular weight is 449 g/mol. The van der Waals surface area contributed by atoms with Gasteiger partial charge in [0.2, 0.25) is 0 Å². The Morgan fingerprint density at radius 3 is 2.32 bits per heavy atom. The number of benzene rings is 1. The summed E-state index contributed by atoms with van der Waals surface area (Å²) in [5.41, 5.74) is 1.98. The summed E-state index contributed by atoms with van der Waals surface area (Å²) in [6.45, 7) is 8.46. The standard InChI is InChI=1S/C20H26ClN3O2.2ClH/c1-15-11-18(12-16(2)20(15)21)26-14-17(25)13-23-7-9-24(10-8-23)19-5-3-4-6-22-19;;/h3-6,11-12,17,25H,7-10,13-14H2,1-2H3;2*1H. The van der Waals surface area contributed by atoms with Crippen molar-refractivity contribution in [3.8, 4) is 5.75 Å². The lowest BCUT2D eigenvalue weighted by molar-refractivity contribution is 0.0662. The Morgan fingerprint density at radius 1 is 1.11 bits per heavy atom. The number of β-amino-alcohol motifs (C(OH)–C–C–N with tert-alkyl or cyclic N) is 1. The van der Waals surface area contributed by atoms with E-state index in [1.54, 1.807) is 0 Å². The second kappa shape index (κ2) is 11.7. The summed E-state index contributed by atoms with van der Waals surface area (Å²) in [6, 6.07) is 9.80. The smallest absolute Gasteiger partial charge is 0.128 e. The third-order valence-electron chi connectivity index (χ3n) is 4.67. The minimum absolute atomic E-state index is 0. The first-order valence-corrected chi connectivity index (χ1v) is 9.36. The van der Waals surface area contributed by atoms with E-state index in [9.17, 15) is 5.11 Å². The molecule has 1 saturated heterocycles. The number of aryl methyl sites for hydroxylation is 2. The van der Waals surface area contributed by atoms with Gasteiger partial charge in [-0.15, -0.1) is 24.8 Å². The Bertz CT molecular complexity index is 703. The average Bonchev–Trinajstić information content (AvgIpc) is 2.65. The number of piperazine rings is 1. The SMILES string of the molecule is Cc1cc(OCC(O)CN2CCN(c3ccccn3)CC2)cc(C)c1Cl.Cl.Cl. The van der Waals surface area contributed by atoms with E-state index in [0.29, 0.717) is 6.54 Å². The van der Waals surface area contributed by atoms with Crippen molar-refractivity contribution in [3.05, 3.63) is 52.7 Å². The molecule has 1 N–H and O–H groups in total. The second-order valence-corrected chi connectivity index (χ2v) is 7.19. The molecular formula is C20H28Cl3N3O2. The zero-order valence-electron chi connectivity index (χ0n) is 16.2. The van der Waals surface area contributed by atoms with Gasteiger partial charge in [0.05, 0.1) is 0 Å². The van der Waals surface area contributed by atoms with E-state index in [4.69, 9.17) is 16.3 Å². The van der Waals surface area contributed by atoms with E-state index in [2.05, 4.69) is 14.8 Å². The third kappa shape index (κ3) is 6.68. The fourth-order valence-electron chi connectivity index (χ4n) is 3.23. The molecule has 0 amide bonds. The van der Waals surface area contributed by atoms with Gasteiger partial charge in [0.25, 0.3) is 0 Å². The van der Waals surface area contributed by atoms with Crippen LogP contribution in [0.15, 0.2) is 36.5 Å². The lowest BCUT2D eigenvalue weighted by Gasteiger charge is -2.36. The minimum Gasteiger partial charge on any atom is -0.491 e. The van der Waals surface area contributed by atoms with Gasteiger partial charge in [-0.05, 0) is 49.2 Å². The van der Waals surface area contributed by atoms with Crippen LogP contribution in [0.1, 0.15) is 11.1 Å². The molecule has 5 nitrogen and oxygen atoms in total. The Labute approximate surface area is 184 Å². The van der Waals surface area contributed by atoms with Gasteiger partial charge in [-0.25, -0.2) is 4.98 Å². The monoisotopic (exact) mass is 447 g/mol. The van der Waals surface area contributed by atoms with Crippen LogP contribution in [-0.4, -0.2) is 60.4 Å². The van der Waals surface area contributed by atoms with Crippen molar-refractivity contribution < 1.29 is 9.84 Å². The van der Waals surface area contributed by atoms with Gasteiger partial charge in [0, 0.05) is 43.9 Å². The molecule has 0 radical (unpaired) electrons. The number of ether oxygens (including phenoxy) is 1. The van der Waals surface area contributed by atoms with E-state index in [-0.39, 0.29) is 31.4 Å². The molecule has 2 aromatic rings. The predicted octanol–water partition coefficient (Wildman–Crippen LogP) is 3.76. The van der Waals surface area contributed by atoms with Crippen LogP contribution in [0.3, 0.4) is 0 Å². The van der Waals surface area contributed by atoms with Gasteiger partial charge in [-0.3, -0.25) is 4.90 Å². The highest BCUT2D eigenvalue weighted by Gasteiger charge is 2.20. The largest absolute Gasteiger partial charge is 0.491 e. The van der Waals surface area contributed by atoms with Crippen LogP contribution in [0, 0.1) is 13.8 Å². The van der Waals surface area contributed by atoms with Crippen LogP contribution in [0.2, 0.25) is 5.02 Å². The van der Waals surface area contributed by atoms with E-state index >= 15 is 0 Å². The van der Waals surface area contributed by atoms with E-state index in [0.717, 1.165) is 53.9 Å². The molecule has 1 unspecified atom stereocenters. The first-order valence-electron chi connectivity index (χ1n) is 8.99. The van der Waals surface area contributed by atoms with Gasteiger partial charge in [-0.2, -0.15) is 0 Å². The first-order chi connectivity index (χ1) is 12.5. The van der Waals surface area contributed by atoms with Crippen LogP contribution in [0.5, 0.6) is 5.75 Å². The molecule has 2 heterocycles. The summed E-state index contributed by atoms with van der Waals surface area (Å²) >= 11 is 6.18. The lowest BCUT2D eigenvalue weighted by Crippen LogP contribution is -2.49. The molecule has 0 saturated carbocycles. The van der Waals surface area contributed by atoms with E-state index in [1.807, 2.05) is 50.4 Å². The van der Waals surface area contributed by atoms with Gasteiger partial charge in [-0.1, -0.05) is 17.7 Å². The number of hydrogen-bond donors (Lipinski definition) is 1. The molecule has 28 heavy (non-hydrogen) atoms. The van der Waals surface area contributed by atoms with Crippen LogP contribution in [0.4, 0.5) is 5.82 Å². The molecule has 1 aromatic heterocycles. The minimum atomic E-state index is -0.521. The quantitative estimate of drug-likeness (QED) is 0.729. The number of rotatable bonds is 6. The molecular weight excluding hydrogens is 421 g/mol. The van der Waals surface area contributed by atoms with Crippen LogP contribution < -0.4 is 9.64 Å². The molecule has 0 spiro atoms. The number of aromatic nitrogens is 1. The Balaban J connectivity index is 0.00000196. The van der Waals surface area contributed by atoms with Crippen molar-refractivity contribution in [2.45, 2.75) is 20.0 Å². The van der Waals surface area contributed by atoms with Gasteiger partial charge in [0.1, 0.15) is 24.3 Å². The topological polar surface area (TPSA) is 48.8 Å². The summed E-state index contributed by atoms with van der Waals surface area (Å²) in [5.74, 6) is 1.77. The number of pyridine rings is 1. The fourth-order valence-corrected chi connectivity index (χ4v) is 3.34. The zero-order chi connectivity index (χ0) is 18.5. The predicted molar refractivity (Wildman–Crippen MR) is 120 cm³/mol. The van der Waals surface area contributed by atoms with E-state index < -0.39 is 6.10 Å². The Hall–Kier alpha value is -1.24. The molecule has 0 aliphatic carbocycles. The molecule has 1 atom stereocenters. The highest BCUT2D eigenvalue weighted by atomic mass is 35.5.